The Morgan fingerprint density at radius 3 is 2.60 bits per heavy atom. The van der Waals surface area contributed by atoms with Crippen molar-refractivity contribution in [1.29, 1.82) is 0 Å². The van der Waals surface area contributed by atoms with E-state index in [4.69, 9.17) is 10.8 Å². The number of sulfonamides is 1. The van der Waals surface area contributed by atoms with Crippen LogP contribution in [-0.2, 0) is 10.0 Å². The number of benzene rings is 1. The molecule has 0 aliphatic heterocycles. The minimum Gasteiger partial charge on any atom is -0.478 e. The van der Waals surface area contributed by atoms with Crippen molar-refractivity contribution in [2.45, 2.75) is 24.7 Å². The van der Waals surface area contributed by atoms with Gasteiger partial charge in [0.05, 0.1) is 10.5 Å². The molecular weight excluding hydrogens is 280 g/mol. The summed E-state index contributed by atoms with van der Waals surface area (Å²) in [5.74, 6) is -0.884. The van der Waals surface area contributed by atoms with Gasteiger partial charge in [-0.25, -0.2) is 13.2 Å². The van der Waals surface area contributed by atoms with Gasteiger partial charge in [0.1, 0.15) is 0 Å². The molecule has 1 saturated carbocycles. The molecule has 0 saturated heterocycles. The first-order chi connectivity index (χ1) is 9.36. The standard InChI is InChI=1S/C13H18N2O4S/c1-2-15(8-9-3-4-9)20(18,19)12-7-10(14)5-6-11(12)13(16)17/h5-7,9H,2-4,8,14H2,1H3,(H,16,17). The van der Waals surface area contributed by atoms with E-state index in [-0.39, 0.29) is 16.1 Å². The lowest BCUT2D eigenvalue weighted by Gasteiger charge is -2.21. The molecule has 1 aromatic carbocycles. The normalized spacial score (nSPS) is 15.5. The van der Waals surface area contributed by atoms with E-state index in [0.29, 0.717) is 19.0 Å². The van der Waals surface area contributed by atoms with Crippen molar-refractivity contribution in [2.75, 3.05) is 18.8 Å². The third kappa shape index (κ3) is 2.94. The van der Waals surface area contributed by atoms with Crippen LogP contribution in [0.5, 0.6) is 0 Å². The average molecular weight is 298 g/mol. The number of carbonyl (C=O) groups is 1. The Balaban J connectivity index is 2.46. The van der Waals surface area contributed by atoms with E-state index < -0.39 is 16.0 Å². The van der Waals surface area contributed by atoms with Gasteiger partial charge in [-0.15, -0.1) is 0 Å². The number of nitrogens with two attached hydrogens (primary N) is 1. The SMILES string of the molecule is CCN(CC1CC1)S(=O)(=O)c1cc(N)ccc1C(=O)O. The first kappa shape index (κ1) is 14.8. The molecule has 1 fully saturated rings. The molecule has 0 aromatic heterocycles. The third-order valence-corrected chi connectivity index (χ3v) is 5.35. The Morgan fingerprint density at radius 1 is 1.45 bits per heavy atom. The molecule has 0 amide bonds. The van der Waals surface area contributed by atoms with Crippen molar-refractivity contribution >= 4 is 21.7 Å². The van der Waals surface area contributed by atoms with Gasteiger partial charge in [-0.3, -0.25) is 0 Å². The zero-order chi connectivity index (χ0) is 14.9. The highest BCUT2D eigenvalue weighted by atomic mass is 32.2. The number of nitrogens with zero attached hydrogens (tertiary/aromatic N) is 1. The third-order valence-electron chi connectivity index (χ3n) is 3.37. The van der Waals surface area contributed by atoms with E-state index in [1.165, 1.54) is 22.5 Å². The molecule has 1 aromatic rings. The summed E-state index contributed by atoms with van der Waals surface area (Å²) in [5.41, 5.74) is 5.59. The Bertz CT molecular complexity index is 623. The Labute approximate surface area is 118 Å². The molecule has 0 atom stereocenters. The first-order valence-electron chi connectivity index (χ1n) is 6.49. The van der Waals surface area contributed by atoms with Gasteiger partial charge < -0.3 is 10.8 Å². The molecule has 1 aliphatic carbocycles. The summed E-state index contributed by atoms with van der Waals surface area (Å²) in [7, 11) is -3.83. The van der Waals surface area contributed by atoms with E-state index in [9.17, 15) is 13.2 Å². The van der Waals surface area contributed by atoms with Crippen LogP contribution in [0, 0.1) is 5.92 Å². The van der Waals surface area contributed by atoms with Gasteiger partial charge in [-0.05, 0) is 37.0 Å². The number of aromatic carboxylic acids is 1. The minimum atomic E-state index is -3.83. The van der Waals surface area contributed by atoms with Crippen LogP contribution in [-0.4, -0.2) is 36.9 Å². The molecule has 6 nitrogen and oxygen atoms in total. The number of carboxylic acids is 1. The second kappa shape index (κ2) is 5.41. The maximum atomic E-state index is 12.6. The molecule has 1 aliphatic rings. The largest absolute Gasteiger partial charge is 0.478 e. The molecule has 7 heteroatoms. The minimum absolute atomic E-state index is 0.229. The summed E-state index contributed by atoms with van der Waals surface area (Å²) in [6, 6.07) is 3.84. The van der Waals surface area contributed by atoms with E-state index in [1.807, 2.05) is 0 Å². The van der Waals surface area contributed by atoms with E-state index in [2.05, 4.69) is 0 Å². The van der Waals surface area contributed by atoms with Gasteiger partial charge in [-0.2, -0.15) is 4.31 Å². The fourth-order valence-electron chi connectivity index (χ4n) is 2.05. The second-order valence-corrected chi connectivity index (χ2v) is 6.87. The van der Waals surface area contributed by atoms with Crippen LogP contribution in [0.1, 0.15) is 30.1 Å². The number of hydrogen-bond acceptors (Lipinski definition) is 4. The summed E-state index contributed by atoms with van der Waals surface area (Å²) in [4.78, 5) is 11.0. The van der Waals surface area contributed by atoms with Gasteiger partial charge in [0.25, 0.3) is 0 Å². The predicted molar refractivity (Wildman–Crippen MR) is 75.0 cm³/mol. The van der Waals surface area contributed by atoms with Crippen LogP contribution in [0.2, 0.25) is 0 Å². The number of hydrogen-bond donors (Lipinski definition) is 2. The lowest BCUT2D eigenvalue weighted by Crippen LogP contribution is -2.33. The summed E-state index contributed by atoms with van der Waals surface area (Å²) in [6.07, 6.45) is 2.05. The molecular formula is C13H18N2O4S. The zero-order valence-corrected chi connectivity index (χ0v) is 12.1. The van der Waals surface area contributed by atoms with Crippen molar-refractivity contribution in [3.8, 4) is 0 Å². The monoisotopic (exact) mass is 298 g/mol. The van der Waals surface area contributed by atoms with E-state index >= 15 is 0 Å². The maximum Gasteiger partial charge on any atom is 0.337 e. The molecule has 110 valence electrons. The molecule has 3 N–H and O–H groups in total. The first-order valence-corrected chi connectivity index (χ1v) is 7.93. The lowest BCUT2D eigenvalue weighted by atomic mass is 10.2. The molecule has 2 rings (SSSR count). The summed E-state index contributed by atoms with van der Waals surface area (Å²) in [5, 5.41) is 9.14. The zero-order valence-electron chi connectivity index (χ0n) is 11.2. The summed E-state index contributed by atoms with van der Waals surface area (Å²) >= 11 is 0. The topological polar surface area (TPSA) is 101 Å². The average Bonchev–Trinajstić information content (AvgIpc) is 3.19. The second-order valence-electron chi connectivity index (χ2n) is 4.96. The van der Waals surface area contributed by atoms with Crippen LogP contribution in [0.25, 0.3) is 0 Å². The van der Waals surface area contributed by atoms with Crippen molar-refractivity contribution in [2.24, 2.45) is 5.92 Å². The number of nitrogen functional groups attached to an aromatic ring is 1. The highest BCUT2D eigenvalue weighted by Crippen LogP contribution is 2.32. The molecule has 0 unspecified atom stereocenters. The Hall–Kier alpha value is -1.60. The van der Waals surface area contributed by atoms with Gasteiger partial charge in [0.15, 0.2) is 0 Å². The van der Waals surface area contributed by atoms with Crippen LogP contribution in [0.3, 0.4) is 0 Å². The van der Waals surface area contributed by atoms with Crippen LogP contribution >= 0.6 is 0 Å². The number of rotatable bonds is 6. The number of anilines is 1. The Morgan fingerprint density at radius 2 is 2.10 bits per heavy atom. The molecule has 0 heterocycles. The van der Waals surface area contributed by atoms with Crippen molar-refractivity contribution < 1.29 is 18.3 Å². The van der Waals surface area contributed by atoms with Crippen molar-refractivity contribution in [3.05, 3.63) is 23.8 Å². The van der Waals surface area contributed by atoms with Gasteiger partial charge in [0.2, 0.25) is 10.0 Å². The van der Waals surface area contributed by atoms with E-state index in [1.54, 1.807) is 6.92 Å². The summed E-state index contributed by atoms with van der Waals surface area (Å²) < 4.78 is 26.5. The van der Waals surface area contributed by atoms with Gasteiger partial charge in [-0.1, -0.05) is 6.92 Å². The molecule has 0 bridgehead atoms. The molecule has 0 spiro atoms. The van der Waals surface area contributed by atoms with Gasteiger partial charge >= 0.3 is 5.97 Å². The number of carboxylic acid groups (broad SMARTS) is 1. The predicted octanol–water partition coefficient (Wildman–Crippen LogP) is 1.39. The quantitative estimate of drug-likeness (QED) is 0.773. The van der Waals surface area contributed by atoms with Crippen molar-refractivity contribution in [1.82, 2.24) is 4.31 Å². The van der Waals surface area contributed by atoms with Crippen LogP contribution < -0.4 is 5.73 Å². The van der Waals surface area contributed by atoms with Crippen molar-refractivity contribution in [3.63, 3.8) is 0 Å². The highest BCUT2D eigenvalue weighted by molar-refractivity contribution is 7.89. The smallest absolute Gasteiger partial charge is 0.337 e. The Kier molecular flexibility index (Phi) is 4.01. The lowest BCUT2D eigenvalue weighted by molar-refractivity contribution is 0.0692. The van der Waals surface area contributed by atoms with E-state index in [0.717, 1.165) is 12.8 Å². The fourth-order valence-corrected chi connectivity index (χ4v) is 3.80. The molecule has 20 heavy (non-hydrogen) atoms. The molecule has 0 radical (unpaired) electrons. The van der Waals surface area contributed by atoms with Crippen LogP contribution in [0.4, 0.5) is 5.69 Å². The van der Waals surface area contributed by atoms with Crippen LogP contribution in [0.15, 0.2) is 23.1 Å². The fraction of sp³-hybridized carbons (Fsp3) is 0.462. The maximum absolute atomic E-state index is 12.6. The highest BCUT2D eigenvalue weighted by Gasteiger charge is 2.33. The summed E-state index contributed by atoms with van der Waals surface area (Å²) in [6.45, 7) is 2.49. The van der Waals surface area contributed by atoms with Gasteiger partial charge in [0, 0.05) is 18.8 Å².